The first-order valence-electron chi connectivity index (χ1n) is 5.94. The van der Waals surface area contributed by atoms with Crippen molar-refractivity contribution in [3.8, 4) is 0 Å². The SMILES string of the molecule is O=C(/C=C/c1ccc(F)cc1)NCCc1ncc[nH]1. The summed E-state index contributed by atoms with van der Waals surface area (Å²) >= 11 is 0. The number of nitrogens with one attached hydrogen (secondary N) is 2. The third-order valence-electron chi connectivity index (χ3n) is 2.51. The van der Waals surface area contributed by atoms with Gasteiger partial charge in [0.2, 0.25) is 5.91 Å². The zero-order valence-electron chi connectivity index (χ0n) is 10.3. The summed E-state index contributed by atoms with van der Waals surface area (Å²) < 4.78 is 12.7. The molecule has 0 unspecified atom stereocenters. The van der Waals surface area contributed by atoms with Crippen LogP contribution in [0.5, 0.6) is 0 Å². The molecule has 19 heavy (non-hydrogen) atoms. The number of rotatable bonds is 5. The average Bonchev–Trinajstić information content (AvgIpc) is 2.91. The maximum Gasteiger partial charge on any atom is 0.244 e. The molecule has 0 aliphatic rings. The van der Waals surface area contributed by atoms with E-state index in [9.17, 15) is 9.18 Å². The molecular weight excluding hydrogens is 245 g/mol. The molecule has 0 atom stereocenters. The van der Waals surface area contributed by atoms with Crippen LogP contribution in [-0.2, 0) is 11.2 Å². The molecule has 4 nitrogen and oxygen atoms in total. The highest BCUT2D eigenvalue weighted by molar-refractivity contribution is 5.91. The number of aromatic amines is 1. The smallest absolute Gasteiger partial charge is 0.244 e. The van der Waals surface area contributed by atoms with Crippen molar-refractivity contribution in [2.24, 2.45) is 0 Å². The van der Waals surface area contributed by atoms with Gasteiger partial charge in [-0.15, -0.1) is 0 Å². The molecule has 2 aromatic rings. The van der Waals surface area contributed by atoms with Gasteiger partial charge in [-0.05, 0) is 23.8 Å². The third-order valence-corrected chi connectivity index (χ3v) is 2.51. The van der Waals surface area contributed by atoms with Crippen LogP contribution in [0.15, 0.2) is 42.7 Å². The summed E-state index contributed by atoms with van der Waals surface area (Å²) in [5.74, 6) is 0.360. The zero-order chi connectivity index (χ0) is 13.5. The summed E-state index contributed by atoms with van der Waals surface area (Å²) in [7, 11) is 0. The number of amides is 1. The summed E-state index contributed by atoms with van der Waals surface area (Å²) in [6.45, 7) is 0.514. The molecule has 0 spiro atoms. The number of aromatic nitrogens is 2. The second-order valence-corrected chi connectivity index (χ2v) is 3.96. The van der Waals surface area contributed by atoms with Gasteiger partial charge in [0, 0.05) is 31.4 Å². The molecule has 0 aliphatic heterocycles. The van der Waals surface area contributed by atoms with Gasteiger partial charge in [0.05, 0.1) is 0 Å². The van der Waals surface area contributed by atoms with E-state index in [1.165, 1.54) is 18.2 Å². The van der Waals surface area contributed by atoms with Crippen LogP contribution in [0.4, 0.5) is 4.39 Å². The van der Waals surface area contributed by atoms with Gasteiger partial charge >= 0.3 is 0 Å². The van der Waals surface area contributed by atoms with Crippen molar-refractivity contribution in [3.05, 3.63) is 59.9 Å². The molecule has 2 N–H and O–H groups in total. The highest BCUT2D eigenvalue weighted by Gasteiger charge is 1.97. The molecule has 1 aromatic heterocycles. The second-order valence-electron chi connectivity index (χ2n) is 3.96. The number of benzene rings is 1. The predicted octanol–water partition coefficient (Wildman–Crippen LogP) is 1.92. The van der Waals surface area contributed by atoms with Crippen LogP contribution >= 0.6 is 0 Å². The summed E-state index contributed by atoms with van der Waals surface area (Å²) in [6, 6.07) is 5.94. The van der Waals surface area contributed by atoms with E-state index in [1.54, 1.807) is 30.6 Å². The van der Waals surface area contributed by atoms with Gasteiger partial charge in [0.15, 0.2) is 0 Å². The molecule has 0 saturated carbocycles. The van der Waals surface area contributed by atoms with Gasteiger partial charge < -0.3 is 10.3 Å². The van der Waals surface area contributed by atoms with Gasteiger partial charge in [-0.2, -0.15) is 0 Å². The number of carbonyl (C=O) groups excluding carboxylic acids is 1. The lowest BCUT2D eigenvalue weighted by molar-refractivity contribution is -0.116. The van der Waals surface area contributed by atoms with Crippen LogP contribution in [0.3, 0.4) is 0 Å². The molecule has 1 amide bonds. The Morgan fingerprint density at radius 3 is 2.84 bits per heavy atom. The van der Waals surface area contributed by atoms with E-state index >= 15 is 0 Å². The van der Waals surface area contributed by atoms with Crippen molar-refractivity contribution in [1.29, 1.82) is 0 Å². The first kappa shape index (κ1) is 13.0. The Bertz CT molecular complexity index is 547. The van der Waals surface area contributed by atoms with E-state index in [-0.39, 0.29) is 11.7 Å². The van der Waals surface area contributed by atoms with Crippen LogP contribution in [0.25, 0.3) is 6.08 Å². The summed E-state index contributed by atoms with van der Waals surface area (Å²) in [4.78, 5) is 18.5. The van der Waals surface area contributed by atoms with E-state index in [1.807, 2.05) is 0 Å². The first-order chi connectivity index (χ1) is 9.24. The van der Waals surface area contributed by atoms with Crippen LogP contribution in [0.2, 0.25) is 0 Å². The number of hydrogen-bond acceptors (Lipinski definition) is 2. The largest absolute Gasteiger partial charge is 0.352 e. The quantitative estimate of drug-likeness (QED) is 0.806. The van der Waals surface area contributed by atoms with E-state index in [4.69, 9.17) is 0 Å². The van der Waals surface area contributed by atoms with E-state index in [0.717, 1.165) is 11.4 Å². The average molecular weight is 259 g/mol. The molecule has 1 heterocycles. The van der Waals surface area contributed by atoms with Crippen LogP contribution in [0.1, 0.15) is 11.4 Å². The molecular formula is C14H14FN3O. The Labute approximate surface area is 110 Å². The van der Waals surface area contributed by atoms with Crippen molar-refractivity contribution in [3.63, 3.8) is 0 Å². The molecule has 0 bridgehead atoms. The monoisotopic (exact) mass is 259 g/mol. The van der Waals surface area contributed by atoms with E-state index < -0.39 is 0 Å². The minimum Gasteiger partial charge on any atom is -0.352 e. The topological polar surface area (TPSA) is 57.8 Å². The maximum absolute atomic E-state index is 12.7. The molecule has 2 rings (SSSR count). The molecule has 1 aromatic carbocycles. The molecule has 98 valence electrons. The minimum atomic E-state index is -0.292. The number of halogens is 1. The van der Waals surface area contributed by atoms with Crippen molar-refractivity contribution < 1.29 is 9.18 Å². The van der Waals surface area contributed by atoms with Gasteiger partial charge in [-0.25, -0.2) is 9.37 Å². The second kappa shape index (κ2) is 6.49. The van der Waals surface area contributed by atoms with Crippen molar-refractivity contribution >= 4 is 12.0 Å². The fourth-order valence-electron chi connectivity index (χ4n) is 1.54. The Kier molecular flexibility index (Phi) is 4.44. The Balaban J connectivity index is 1.76. The summed E-state index contributed by atoms with van der Waals surface area (Å²) in [5, 5.41) is 2.74. The highest BCUT2D eigenvalue weighted by Crippen LogP contribution is 2.04. The highest BCUT2D eigenvalue weighted by atomic mass is 19.1. The molecule has 0 fully saturated rings. The summed E-state index contributed by atoms with van der Waals surface area (Å²) in [5.41, 5.74) is 0.780. The van der Waals surface area contributed by atoms with Crippen molar-refractivity contribution in [2.45, 2.75) is 6.42 Å². The lowest BCUT2D eigenvalue weighted by Gasteiger charge is -1.99. The number of carbonyl (C=O) groups is 1. The third kappa shape index (κ3) is 4.39. The van der Waals surface area contributed by atoms with Crippen molar-refractivity contribution in [2.75, 3.05) is 6.54 Å². The Morgan fingerprint density at radius 1 is 1.37 bits per heavy atom. The first-order valence-corrected chi connectivity index (χ1v) is 5.94. The van der Waals surface area contributed by atoms with Crippen molar-refractivity contribution in [1.82, 2.24) is 15.3 Å². The minimum absolute atomic E-state index is 0.184. The zero-order valence-corrected chi connectivity index (χ0v) is 10.3. The number of nitrogens with zero attached hydrogens (tertiary/aromatic N) is 1. The Hall–Kier alpha value is -2.43. The Morgan fingerprint density at radius 2 is 2.16 bits per heavy atom. The van der Waals surface area contributed by atoms with Crippen LogP contribution in [0, 0.1) is 5.82 Å². The molecule has 0 radical (unpaired) electrons. The van der Waals surface area contributed by atoms with Crippen LogP contribution < -0.4 is 5.32 Å². The van der Waals surface area contributed by atoms with Gasteiger partial charge in [-0.3, -0.25) is 4.79 Å². The number of imidazole rings is 1. The molecule has 0 saturated heterocycles. The number of hydrogen-bond donors (Lipinski definition) is 2. The maximum atomic E-state index is 12.7. The van der Waals surface area contributed by atoms with E-state index in [0.29, 0.717) is 13.0 Å². The standard InChI is InChI=1S/C14H14FN3O/c15-12-4-1-11(2-5-12)3-6-14(19)18-8-7-13-16-9-10-17-13/h1-6,9-10H,7-8H2,(H,16,17)(H,18,19)/b6-3+. The molecule has 0 aliphatic carbocycles. The van der Waals surface area contributed by atoms with E-state index in [2.05, 4.69) is 15.3 Å². The number of H-pyrrole nitrogens is 1. The van der Waals surface area contributed by atoms with Crippen LogP contribution in [-0.4, -0.2) is 22.4 Å². The predicted molar refractivity (Wildman–Crippen MR) is 70.7 cm³/mol. The molecule has 5 heteroatoms. The fraction of sp³-hybridized carbons (Fsp3) is 0.143. The lowest BCUT2D eigenvalue weighted by atomic mass is 10.2. The van der Waals surface area contributed by atoms with Gasteiger partial charge in [0.25, 0.3) is 0 Å². The van der Waals surface area contributed by atoms with Gasteiger partial charge in [0.1, 0.15) is 11.6 Å². The van der Waals surface area contributed by atoms with Gasteiger partial charge in [-0.1, -0.05) is 12.1 Å². The summed E-state index contributed by atoms with van der Waals surface area (Å²) in [6.07, 6.45) is 7.14. The lowest BCUT2D eigenvalue weighted by Crippen LogP contribution is -2.23. The normalized spacial score (nSPS) is 10.8. The fourth-order valence-corrected chi connectivity index (χ4v) is 1.54.